The summed E-state index contributed by atoms with van der Waals surface area (Å²) in [5.74, 6) is 0.239. The monoisotopic (exact) mass is 414 g/mol. The first-order chi connectivity index (χ1) is 14.4. The Labute approximate surface area is 172 Å². The minimum Gasteiger partial charge on any atom is -0.493 e. The van der Waals surface area contributed by atoms with Crippen LogP contribution in [0.3, 0.4) is 0 Å². The van der Waals surface area contributed by atoms with E-state index in [-0.39, 0.29) is 18.1 Å². The van der Waals surface area contributed by atoms with E-state index in [4.69, 9.17) is 4.74 Å². The average Bonchev–Trinajstić information content (AvgIpc) is 2.73. The third-order valence-electron chi connectivity index (χ3n) is 4.26. The number of alkyl halides is 3. The molecule has 0 aliphatic heterocycles. The SMILES string of the molecule is O=C(CNc1cccc(C(F)(F)F)c1)Nc1cccc(OCCc2ccccc2)c1. The van der Waals surface area contributed by atoms with E-state index in [2.05, 4.69) is 10.6 Å². The maximum Gasteiger partial charge on any atom is 0.416 e. The number of hydrogen-bond acceptors (Lipinski definition) is 3. The highest BCUT2D eigenvalue weighted by molar-refractivity contribution is 5.93. The van der Waals surface area contributed by atoms with Gasteiger partial charge in [0.15, 0.2) is 0 Å². The van der Waals surface area contributed by atoms with Gasteiger partial charge in [-0.25, -0.2) is 0 Å². The quantitative estimate of drug-likeness (QED) is 0.521. The van der Waals surface area contributed by atoms with Crippen LogP contribution in [0.4, 0.5) is 24.5 Å². The van der Waals surface area contributed by atoms with E-state index in [0.29, 0.717) is 18.0 Å². The third-order valence-corrected chi connectivity index (χ3v) is 4.26. The number of ether oxygens (including phenoxy) is 1. The molecule has 2 N–H and O–H groups in total. The lowest BCUT2D eigenvalue weighted by Crippen LogP contribution is -2.22. The molecule has 0 bridgehead atoms. The van der Waals surface area contributed by atoms with Crippen molar-refractivity contribution in [2.45, 2.75) is 12.6 Å². The summed E-state index contributed by atoms with van der Waals surface area (Å²) in [6, 6.07) is 21.6. The first-order valence-corrected chi connectivity index (χ1v) is 9.38. The molecule has 0 aliphatic rings. The van der Waals surface area contributed by atoms with Crippen molar-refractivity contribution in [1.82, 2.24) is 0 Å². The van der Waals surface area contributed by atoms with E-state index in [1.54, 1.807) is 24.3 Å². The second kappa shape index (κ2) is 9.82. The smallest absolute Gasteiger partial charge is 0.416 e. The van der Waals surface area contributed by atoms with Crippen LogP contribution in [0, 0.1) is 0 Å². The van der Waals surface area contributed by atoms with Crippen LogP contribution < -0.4 is 15.4 Å². The standard InChI is InChI=1S/C23H21F3N2O2/c24-23(25,26)18-8-4-9-19(14-18)27-16-22(29)28-20-10-5-11-21(15-20)30-13-12-17-6-2-1-3-7-17/h1-11,14-15,27H,12-13,16H2,(H,28,29). The Morgan fingerprint density at radius 3 is 2.37 bits per heavy atom. The largest absolute Gasteiger partial charge is 0.493 e. The molecule has 0 saturated carbocycles. The molecule has 3 aromatic rings. The van der Waals surface area contributed by atoms with Crippen molar-refractivity contribution in [2.75, 3.05) is 23.8 Å². The van der Waals surface area contributed by atoms with Gasteiger partial charge in [-0.3, -0.25) is 4.79 Å². The predicted molar refractivity (Wildman–Crippen MR) is 111 cm³/mol. The van der Waals surface area contributed by atoms with Gasteiger partial charge in [0, 0.05) is 23.9 Å². The van der Waals surface area contributed by atoms with E-state index in [0.717, 1.165) is 18.6 Å². The minimum absolute atomic E-state index is 0.166. The topological polar surface area (TPSA) is 50.4 Å². The van der Waals surface area contributed by atoms with E-state index in [9.17, 15) is 18.0 Å². The lowest BCUT2D eigenvalue weighted by Gasteiger charge is -2.12. The highest BCUT2D eigenvalue weighted by Crippen LogP contribution is 2.30. The normalized spacial score (nSPS) is 11.0. The molecule has 0 spiro atoms. The molecule has 1 amide bonds. The number of nitrogens with one attached hydrogen (secondary N) is 2. The number of amides is 1. The van der Waals surface area contributed by atoms with Gasteiger partial charge in [0.25, 0.3) is 0 Å². The Kier molecular flexibility index (Phi) is 6.95. The van der Waals surface area contributed by atoms with Crippen LogP contribution in [0.25, 0.3) is 0 Å². The summed E-state index contributed by atoms with van der Waals surface area (Å²) in [4.78, 5) is 12.1. The molecule has 0 aliphatic carbocycles. The molecular weight excluding hydrogens is 393 g/mol. The molecule has 3 rings (SSSR count). The fourth-order valence-electron chi connectivity index (χ4n) is 2.79. The zero-order chi connectivity index (χ0) is 21.4. The minimum atomic E-state index is -4.43. The Morgan fingerprint density at radius 2 is 1.60 bits per heavy atom. The number of carbonyl (C=O) groups excluding carboxylic acids is 1. The van der Waals surface area contributed by atoms with Crippen molar-refractivity contribution in [1.29, 1.82) is 0 Å². The molecule has 0 unspecified atom stereocenters. The van der Waals surface area contributed by atoms with Gasteiger partial charge >= 0.3 is 6.18 Å². The first kappa shape index (κ1) is 21.2. The summed E-state index contributed by atoms with van der Waals surface area (Å²) >= 11 is 0. The molecule has 0 radical (unpaired) electrons. The second-order valence-corrected chi connectivity index (χ2v) is 6.59. The molecule has 7 heteroatoms. The van der Waals surface area contributed by atoms with Crippen LogP contribution >= 0.6 is 0 Å². The molecule has 0 atom stereocenters. The zero-order valence-corrected chi connectivity index (χ0v) is 16.1. The summed E-state index contributed by atoms with van der Waals surface area (Å²) in [6.07, 6.45) is -3.67. The van der Waals surface area contributed by atoms with Crippen molar-refractivity contribution >= 4 is 17.3 Å². The van der Waals surface area contributed by atoms with E-state index in [1.807, 2.05) is 30.3 Å². The Morgan fingerprint density at radius 1 is 0.867 bits per heavy atom. The third kappa shape index (κ3) is 6.55. The van der Waals surface area contributed by atoms with E-state index < -0.39 is 11.7 Å². The van der Waals surface area contributed by atoms with Crippen LogP contribution in [0.15, 0.2) is 78.9 Å². The Bertz CT molecular complexity index is 975. The molecule has 3 aromatic carbocycles. The molecular formula is C23H21F3N2O2. The number of anilines is 2. The van der Waals surface area contributed by atoms with Crippen LogP contribution in [0.1, 0.15) is 11.1 Å². The molecule has 0 heterocycles. The molecule has 0 aromatic heterocycles. The summed E-state index contributed by atoms with van der Waals surface area (Å²) in [7, 11) is 0. The Hall–Kier alpha value is -3.48. The van der Waals surface area contributed by atoms with Gasteiger partial charge in [-0.1, -0.05) is 42.5 Å². The number of rotatable bonds is 8. The van der Waals surface area contributed by atoms with E-state index in [1.165, 1.54) is 17.7 Å². The van der Waals surface area contributed by atoms with Crippen LogP contribution in [0.5, 0.6) is 5.75 Å². The van der Waals surface area contributed by atoms with E-state index >= 15 is 0 Å². The highest BCUT2D eigenvalue weighted by Gasteiger charge is 2.30. The van der Waals surface area contributed by atoms with Crippen LogP contribution in [-0.2, 0) is 17.4 Å². The molecule has 4 nitrogen and oxygen atoms in total. The zero-order valence-electron chi connectivity index (χ0n) is 16.1. The predicted octanol–water partition coefficient (Wildman–Crippen LogP) is 5.38. The van der Waals surface area contributed by atoms with Gasteiger partial charge in [-0.15, -0.1) is 0 Å². The fraction of sp³-hybridized carbons (Fsp3) is 0.174. The lowest BCUT2D eigenvalue weighted by atomic mass is 10.2. The number of carbonyl (C=O) groups is 1. The molecule has 156 valence electrons. The molecule has 0 fully saturated rings. The number of halogens is 3. The van der Waals surface area contributed by atoms with Crippen molar-refractivity contribution in [3.8, 4) is 5.75 Å². The molecule has 30 heavy (non-hydrogen) atoms. The molecule has 0 saturated heterocycles. The summed E-state index contributed by atoms with van der Waals surface area (Å²) in [5, 5.41) is 5.40. The summed E-state index contributed by atoms with van der Waals surface area (Å²) < 4.78 is 44.0. The average molecular weight is 414 g/mol. The fourth-order valence-corrected chi connectivity index (χ4v) is 2.79. The van der Waals surface area contributed by atoms with Crippen molar-refractivity contribution in [3.05, 3.63) is 90.0 Å². The Balaban J connectivity index is 1.49. The van der Waals surface area contributed by atoms with Gasteiger partial charge in [-0.05, 0) is 35.9 Å². The van der Waals surface area contributed by atoms with Gasteiger partial charge in [0.1, 0.15) is 5.75 Å². The van der Waals surface area contributed by atoms with Crippen LogP contribution in [0.2, 0.25) is 0 Å². The maximum absolute atomic E-state index is 12.8. The highest BCUT2D eigenvalue weighted by atomic mass is 19.4. The van der Waals surface area contributed by atoms with Crippen molar-refractivity contribution in [3.63, 3.8) is 0 Å². The van der Waals surface area contributed by atoms with Gasteiger partial charge < -0.3 is 15.4 Å². The van der Waals surface area contributed by atoms with Crippen LogP contribution in [-0.4, -0.2) is 19.1 Å². The number of benzene rings is 3. The first-order valence-electron chi connectivity index (χ1n) is 9.38. The van der Waals surface area contributed by atoms with Gasteiger partial charge in [0.2, 0.25) is 5.91 Å². The summed E-state index contributed by atoms with van der Waals surface area (Å²) in [6.45, 7) is 0.332. The van der Waals surface area contributed by atoms with Crippen molar-refractivity contribution < 1.29 is 22.7 Å². The maximum atomic E-state index is 12.8. The van der Waals surface area contributed by atoms with Gasteiger partial charge in [0.05, 0.1) is 18.7 Å². The summed E-state index contributed by atoms with van der Waals surface area (Å²) in [5.41, 5.74) is 1.16. The number of hydrogen-bond donors (Lipinski definition) is 2. The van der Waals surface area contributed by atoms with Crippen molar-refractivity contribution in [2.24, 2.45) is 0 Å². The second-order valence-electron chi connectivity index (χ2n) is 6.59. The lowest BCUT2D eigenvalue weighted by molar-refractivity contribution is -0.137. The van der Waals surface area contributed by atoms with Gasteiger partial charge in [-0.2, -0.15) is 13.2 Å².